The summed E-state index contributed by atoms with van der Waals surface area (Å²) in [7, 11) is 0. The first-order chi connectivity index (χ1) is 11.3. The summed E-state index contributed by atoms with van der Waals surface area (Å²) in [5.74, 6) is 0.163. The van der Waals surface area contributed by atoms with Gasteiger partial charge in [-0.05, 0) is 36.1 Å². The van der Waals surface area contributed by atoms with Gasteiger partial charge in [-0.2, -0.15) is 0 Å². The number of aryl methyl sites for hydroxylation is 2. The second-order valence-electron chi connectivity index (χ2n) is 5.82. The maximum absolute atomic E-state index is 4.83. The summed E-state index contributed by atoms with van der Waals surface area (Å²) in [6.45, 7) is 4.22. The molecule has 0 saturated heterocycles. The standard InChI is InChI=1S/C22H21N/c1-17-10-9-11-18(2)22(17)23-16-21(19-12-5-3-6-13-19)20-14-7-4-8-15-20/h3-16,21H,1-2H3. The van der Waals surface area contributed by atoms with Crippen molar-refractivity contribution < 1.29 is 0 Å². The molecule has 0 N–H and O–H groups in total. The lowest BCUT2D eigenvalue weighted by molar-refractivity contribution is 1.10. The molecule has 23 heavy (non-hydrogen) atoms. The summed E-state index contributed by atoms with van der Waals surface area (Å²) in [6.07, 6.45) is 2.07. The zero-order valence-corrected chi connectivity index (χ0v) is 13.6. The van der Waals surface area contributed by atoms with Crippen LogP contribution in [0.4, 0.5) is 5.69 Å². The Morgan fingerprint density at radius 3 is 1.61 bits per heavy atom. The van der Waals surface area contributed by atoms with Gasteiger partial charge >= 0.3 is 0 Å². The Hall–Kier alpha value is -2.67. The van der Waals surface area contributed by atoms with Crippen LogP contribution >= 0.6 is 0 Å². The first kappa shape index (κ1) is 15.2. The fourth-order valence-corrected chi connectivity index (χ4v) is 2.84. The van der Waals surface area contributed by atoms with Crippen LogP contribution < -0.4 is 0 Å². The van der Waals surface area contributed by atoms with Crippen molar-refractivity contribution in [1.29, 1.82) is 0 Å². The molecule has 1 heteroatoms. The lowest BCUT2D eigenvalue weighted by atomic mass is 9.92. The second kappa shape index (κ2) is 7.06. The van der Waals surface area contributed by atoms with Gasteiger partial charge in [-0.3, -0.25) is 4.99 Å². The fraction of sp³-hybridized carbons (Fsp3) is 0.136. The zero-order chi connectivity index (χ0) is 16.1. The molecule has 0 bridgehead atoms. The third kappa shape index (κ3) is 3.57. The van der Waals surface area contributed by atoms with E-state index >= 15 is 0 Å². The quantitative estimate of drug-likeness (QED) is 0.537. The van der Waals surface area contributed by atoms with Crippen molar-refractivity contribution in [3.8, 4) is 0 Å². The zero-order valence-electron chi connectivity index (χ0n) is 13.6. The molecule has 0 saturated carbocycles. The number of aliphatic imine (C=N–C) groups is 1. The highest BCUT2D eigenvalue weighted by Crippen LogP contribution is 2.27. The van der Waals surface area contributed by atoms with Crippen LogP contribution in [0.25, 0.3) is 0 Å². The van der Waals surface area contributed by atoms with E-state index < -0.39 is 0 Å². The summed E-state index contributed by atoms with van der Waals surface area (Å²) < 4.78 is 0. The lowest BCUT2D eigenvalue weighted by Gasteiger charge is -2.14. The molecule has 0 radical (unpaired) electrons. The molecular formula is C22H21N. The van der Waals surface area contributed by atoms with Gasteiger partial charge in [0.05, 0.1) is 5.69 Å². The molecule has 114 valence electrons. The molecule has 0 heterocycles. The molecule has 0 amide bonds. The van der Waals surface area contributed by atoms with Crippen LogP contribution in [0.1, 0.15) is 28.2 Å². The molecule has 1 nitrogen and oxygen atoms in total. The molecule has 0 aliphatic carbocycles. The number of hydrogen-bond acceptors (Lipinski definition) is 1. The highest BCUT2D eigenvalue weighted by molar-refractivity contribution is 5.77. The third-order valence-corrected chi connectivity index (χ3v) is 4.11. The van der Waals surface area contributed by atoms with E-state index in [1.54, 1.807) is 0 Å². The summed E-state index contributed by atoms with van der Waals surface area (Å²) in [5.41, 5.74) is 6.01. The molecule has 3 rings (SSSR count). The highest BCUT2D eigenvalue weighted by atomic mass is 14.7. The molecule has 3 aromatic rings. The topological polar surface area (TPSA) is 12.4 Å². The van der Waals surface area contributed by atoms with Gasteiger partial charge in [-0.15, -0.1) is 0 Å². The summed E-state index contributed by atoms with van der Waals surface area (Å²) >= 11 is 0. The van der Waals surface area contributed by atoms with Crippen molar-refractivity contribution in [3.63, 3.8) is 0 Å². The van der Waals surface area contributed by atoms with Crippen LogP contribution in [0.2, 0.25) is 0 Å². The minimum Gasteiger partial charge on any atom is -0.260 e. The molecule has 0 atom stereocenters. The Bertz CT molecular complexity index is 729. The van der Waals surface area contributed by atoms with Crippen molar-refractivity contribution >= 4 is 11.9 Å². The maximum Gasteiger partial charge on any atom is 0.0684 e. The van der Waals surface area contributed by atoms with Crippen molar-refractivity contribution in [2.24, 2.45) is 4.99 Å². The lowest BCUT2D eigenvalue weighted by Crippen LogP contribution is -2.02. The van der Waals surface area contributed by atoms with Crippen LogP contribution in [0.5, 0.6) is 0 Å². The summed E-state index contributed by atoms with van der Waals surface area (Å²) in [5, 5.41) is 0. The minimum absolute atomic E-state index is 0.163. The normalized spacial score (nSPS) is 11.3. The molecule has 0 spiro atoms. The van der Waals surface area contributed by atoms with Crippen molar-refractivity contribution in [3.05, 3.63) is 101 Å². The fourth-order valence-electron chi connectivity index (χ4n) is 2.84. The Balaban J connectivity index is 2.02. The van der Waals surface area contributed by atoms with E-state index in [1.807, 2.05) is 12.1 Å². The van der Waals surface area contributed by atoms with Crippen molar-refractivity contribution in [1.82, 2.24) is 0 Å². The SMILES string of the molecule is Cc1cccc(C)c1N=CC(c1ccccc1)c1ccccc1. The van der Waals surface area contributed by atoms with Gasteiger partial charge in [-0.1, -0.05) is 78.9 Å². The van der Waals surface area contributed by atoms with Gasteiger partial charge in [0.2, 0.25) is 0 Å². The molecule has 0 aromatic heterocycles. The average Bonchev–Trinajstić information content (AvgIpc) is 2.59. The van der Waals surface area contributed by atoms with Crippen LogP contribution in [0.3, 0.4) is 0 Å². The summed E-state index contributed by atoms with van der Waals surface area (Å²) in [6, 6.07) is 27.4. The molecule has 0 aliphatic rings. The van der Waals surface area contributed by atoms with Gasteiger partial charge in [0.25, 0.3) is 0 Å². The van der Waals surface area contributed by atoms with Crippen LogP contribution in [-0.4, -0.2) is 6.21 Å². The van der Waals surface area contributed by atoms with Crippen LogP contribution in [0, 0.1) is 13.8 Å². The van der Waals surface area contributed by atoms with Gasteiger partial charge < -0.3 is 0 Å². The predicted molar refractivity (Wildman–Crippen MR) is 98.8 cm³/mol. The van der Waals surface area contributed by atoms with Crippen molar-refractivity contribution in [2.45, 2.75) is 19.8 Å². The largest absolute Gasteiger partial charge is 0.260 e. The van der Waals surface area contributed by atoms with Gasteiger partial charge in [0, 0.05) is 12.1 Å². The second-order valence-corrected chi connectivity index (χ2v) is 5.82. The van der Waals surface area contributed by atoms with Gasteiger partial charge in [0.15, 0.2) is 0 Å². The van der Waals surface area contributed by atoms with Gasteiger partial charge in [0.1, 0.15) is 0 Å². The Kier molecular flexibility index (Phi) is 4.68. The maximum atomic E-state index is 4.83. The Morgan fingerprint density at radius 2 is 1.13 bits per heavy atom. The molecule has 0 fully saturated rings. The Labute approximate surface area is 138 Å². The first-order valence-corrected chi connectivity index (χ1v) is 7.96. The Morgan fingerprint density at radius 1 is 0.652 bits per heavy atom. The molecule has 0 unspecified atom stereocenters. The van der Waals surface area contributed by atoms with Crippen LogP contribution in [0.15, 0.2) is 83.9 Å². The van der Waals surface area contributed by atoms with E-state index in [2.05, 4.69) is 86.8 Å². The molecular weight excluding hydrogens is 278 g/mol. The highest BCUT2D eigenvalue weighted by Gasteiger charge is 2.11. The van der Waals surface area contributed by atoms with E-state index in [-0.39, 0.29) is 5.92 Å². The van der Waals surface area contributed by atoms with E-state index in [9.17, 15) is 0 Å². The van der Waals surface area contributed by atoms with Crippen molar-refractivity contribution in [2.75, 3.05) is 0 Å². The smallest absolute Gasteiger partial charge is 0.0684 e. The average molecular weight is 299 g/mol. The van der Waals surface area contributed by atoms with Crippen LogP contribution in [-0.2, 0) is 0 Å². The monoisotopic (exact) mass is 299 g/mol. The summed E-state index contributed by atoms with van der Waals surface area (Å²) in [4.78, 5) is 4.83. The number of rotatable bonds is 4. The number of para-hydroxylation sites is 1. The first-order valence-electron chi connectivity index (χ1n) is 7.96. The van der Waals surface area contributed by atoms with E-state index in [0.717, 1.165) is 5.69 Å². The predicted octanol–water partition coefficient (Wildman–Crippen LogP) is 5.84. The van der Waals surface area contributed by atoms with Gasteiger partial charge in [-0.25, -0.2) is 0 Å². The number of nitrogens with zero attached hydrogens (tertiary/aromatic N) is 1. The number of benzene rings is 3. The van der Waals surface area contributed by atoms with E-state index in [4.69, 9.17) is 4.99 Å². The van der Waals surface area contributed by atoms with E-state index in [0.29, 0.717) is 0 Å². The number of hydrogen-bond donors (Lipinski definition) is 0. The minimum atomic E-state index is 0.163. The third-order valence-electron chi connectivity index (χ3n) is 4.11. The molecule has 0 aliphatic heterocycles. The van der Waals surface area contributed by atoms with E-state index in [1.165, 1.54) is 22.3 Å². The molecule has 3 aromatic carbocycles.